The molecule has 2 N–H and O–H groups in total. The number of carbonyl (C=O) groups excluding carboxylic acids is 4. The van der Waals surface area contributed by atoms with Crippen molar-refractivity contribution in [1.82, 2.24) is 10.6 Å². The van der Waals surface area contributed by atoms with E-state index in [1.165, 1.54) is 0 Å². The number of nitrogens with one attached hydrogen (secondary N) is 2. The molecular weight excluding hydrogens is 500 g/mol. The van der Waals surface area contributed by atoms with Gasteiger partial charge >= 0.3 is 24.1 Å². The Bertz CT molecular complexity index is 911. The third-order valence-corrected chi connectivity index (χ3v) is 5.86. The summed E-state index contributed by atoms with van der Waals surface area (Å²) in [6.07, 6.45) is -1.57. The Kier molecular flexibility index (Phi) is 13.4. The highest BCUT2D eigenvalue weighted by Gasteiger charge is 2.27. The van der Waals surface area contributed by atoms with Crippen LogP contribution in [0.5, 0.6) is 0 Å². The first-order valence-electron chi connectivity index (χ1n) is 11.8. The molecule has 10 nitrogen and oxygen atoms in total. The molecule has 0 spiro atoms. The van der Waals surface area contributed by atoms with Gasteiger partial charge in [0.15, 0.2) is 0 Å². The van der Waals surface area contributed by atoms with E-state index in [1.807, 2.05) is 36.4 Å². The van der Waals surface area contributed by atoms with Crippen LogP contribution in [-0.4, -0.2) is 60.9 Å². The van der Waals surface area contributed by atoms with E-state index in [9.17, 15) is 19.2 Å². The van der Waals surface area contributed by atoms with Gasteiger partial charge in [-0.2, -0.15) is 11.8 Å². The first-order chi connectivity index (χ1) is 17.9. The van der Waals surface area contributed by atoms with Gasteiger partial charge in [0, 0.05) is 11.5 Å². The maximum Gasteiger partial charge on any atom is 0.408 e. The topological polar surface area (TPSA) is 129 Å². The highest BCUT2D eigenvalue weighted by Crippen LogP contribution is 2.10. The molecule has 2 amide bonds. The van der Waals surface area contributed by atoms with Gasteiger partial charge in [-0.25, -0.2) is 19.2 Å². The van der Waals surface area contributed by atoms with Crippen molar-refractivity contribution < 1.29 is 38.1 Å². The summed E-state index contributed by atoms with van der Waals surface area (Å²) in [4.78, 5) is 49.3. The minimum absolute atomic E-state index is 0.0370. The van der Waals surface area contributed by atoms with Gasteiger partial charge in [0.25, 0.3) is 0 Å². The van der Waals surface area contributed by atoms with Gasteiger partial charge in [0.05, 0.1) is 13.2 Å². The van der Waals surface area contributed by atoms with Crippen molar-refractivity contribution in [3.05, 3.63) is 71.8 Å². The number of amides is 2. The Morgan fingerprint density at radius 1 is 0.649 bits per heavy atom. The maximum absolute atomic E-state index is 12.4. The summed E-state index contributed by atoms with van der Waals surface area (Å²) in [6, 6.07) is 16.1. The molecule has 0 saturated heterocycles. The molecule has 0 aromatic heterocycles. The lowest BCUT2D eigenvalue weighted by Crippen LogP contribution is -2.46. The van der Waals surface area contributed by atoms with Crippen LogP contribution in [0, 0.1) is 0 Å². The van der Waals surface area contributed by atoms with Gasteiger partial charge in [-0.05, 0) is 25.0 Å². The predicted octanol–water partition coefficient (Wildman–Crippen LogP) is 3.44. The average Bonchev–Trinajstić information content (AvgIpc) is 2.91. The Hall–Kier alpha value is -3.73. The lowest BCUT2D eigenvalue weighted by Gasteiger charge is -2.20. The van der Waals surface area contributed by atoms with Gasteiger partial charge in [-0.3, -0.25) is 0 Å². The molecule has 2 unspecified atom stereocenters. The highest BCUT2D eigenvalue weighted by molar-refractivity contribution is 7.99. The zero-order chi connectivity index (χ0) is 26.9. The third kappa shape index (κ3) is 11.7. The van der Waals surface area contributed by atoms with Crippen LogP contribution in [-0.2, 0) is 41.8 Å². The van der Waals surface area contributed by atoms with E-state index in [4.69, 9.17) is 18.9 Å². The summed E-state index contributed by atoms with van der Waals surface area (Å²) in [5, 5.41) is 4.99. The summed E-state index contributed by atoms with van der Waals surface area (Å²) in [7, 11) is 0. The second-order valence-corrected chi connectivity index (χ2v) is 8.63. The molecule has 0 radical (unpaired) electrons. The van der Waals surface area contributed by atoms with Crippen molar-refractivity contribution in [1.29, 1.82) is 0 Å². The van der Waals surface area contributed by atoms with Gasteiger partial charge in [-0.1, -0.05) is 60.7 Å². The van der Waals surface area contributed by atoms with Gasteiger partial charge in [0.2, 0.25) is 0 Å². The predicted molar refractivity (Wildman–Crippen MR) is 138 cm³/mol. The van der Waals surface area contributed by atoms with Crippen molar-refractivity contribution in [3.8, 4) is 0 Å². The average molecular weight is 533 g/mol. The summed E-state index contributed by atoms with van der Waals surface area (Å²) < 4.78 is 20.5. The molecule has 2 aromatic rings. The quantitative estimate of drug-likeness (QED) is 0.278. The van der Waals surface area contributed by atoms with Crippen LogP contribution in [0.3, 0.4) is 0 Å². The fourth-order valence-corrected chi connectivity index (χ4v) is 3.99. The minimum atomic E-state index is -1.03. The summed E-state index contributed by atoms with van der Waals surface area (Å²) in [6.45, 7) is 3.63. The second-order valence-electron chi connectivity index (χ2n) is 7.56. The molecular formula is C26H32N2O8S. The number of esters is 2. The van der Waals surface area contributed by atoms with E-state index in [-0.39, 0.29) is 37.9 Å². The Morgan fingerprint density at radius 2 is 1.03 bits per heavy atom. The summed E-state index contributed by atoms with van der Waals surface area (Å²) in [5.41, 5.74) is 1.59. The first-order valence-corrected chi connectivity index (χ1v) is 12.9. The fourth-order valence-electron chi connectivity index (χ4n) is 2.94. The van der Waals surface area contributed by atoms with Crippen molar-refractivity contribution in [2.75, 3.05) is 24.7 Å². The number of hydrogen-bond donors (Lipinski definition) is 2. The van der Waals surface area contributed by atoms with Gasteiger partial charge in [-0.15, -0.1) is 0 Å². The number of hydrogen-bond acceptors (Lipinski definition) is 9. The Labute approximate surface area is 220 Å². The normalized spacial score (nSPS) is 11.9. The van der Waals surface area contributed by atoms with Crippen molar-refractivity contribution >= 4 is 35.9 Å². The van der Waals surface area contributed by atoms with Crippen molar-refractivity contribution in [3.63, 3.8) is 0 Å². The standard InChI is InChI=1S/C26H32N2O8S/c1-3-33-23(29)21(27-25(31)35-15-19-11-7-5-8-12-19)17-37-18-22(24(30)34-4-2)28-26(32)36-16-20-13-9-6-10-14-20/h5-14,21-22H,3-4,15-18H2,1-2H3,(H,27,31)(H,28,32). The summed E-state index contributed by atoms with van der Waals surface area (Å²) >= 11 is 1.15. The second kappa shape index (κ2) is 16.9. The molecule has 0 saturated carbocycles. The monoisotopic (exact) mass is 532 g/mol. The first kappa shape index (κ1) is 29.5. The molecule has 0 aliphatic carbocycles. The van der Waals surface area contributed by atoms with Crippen LogP contribution in [0.1, 0.15) is 25.0 Å². The van der Waals surface area contributed by atoms with Crippen molar-refractivity contribution in [2.24, 2.45) is 0 Å². The van der Waals surface area contributed by atoms with E-state index in [0.29, 0.717) is 0 Å². The van der Waals surface area contributed by atoms with E-state index >= 15 is 0 Å². The molecule has 2 atom stereocenters. The summed E-state index contributed by atoms with van der Waals surface area (Å²) in [5.74, 6) is -1.16. The number of carbonyl (C=O) groups is 4. The van der Waals surface area contributed by atoms with Crippen LogP contribution in [0.15, 0.2) is 60.7 Å². The molecule has 0 aliphatic heterocycles. The van der Waals surface area contributed by atoms with E-state index < -0.39 is 36.2 Å². The van der Waals surface area contributed by atoms with Crippen LogP contribution >= 0.6 is 11.8 Å². The largest absolute Gasteiger partial charge is 0.464 e. The number of rotatable bonds is 14. The van der Waals surface area contributed by atoms with Crippen molar-refractivity contribution in [2.45, 2.75) is 39.1 Å². The molecule has 11 heteroatoms. The number of alkyl carbamates (subject to hydrolysis) is 2. The Balaban J connectivity index is 1.90. The van der Waals surface area contributed by atoms with E-state index in [0.717, 1.165) is 22.9 Å². The van der Waals surface area contributed by atoms with E-state index in [2.05, 4.69) is 10.6 Å². The molecule has 0 heterocycles. The van der Waals surface area contributed by atoms with Crippen LogP contribution in [0.2, 0.25) is 0 Å². The highest BCUT2D eigenvalue weighted by atomic mass is 32.2. The number of ether oxygens (including phenoxy) is 4. The minimum Gasteiger partial charge on any atom is -0.464 e. The Morgan fingerprint density at radius 3 is 1.38 bits per heavy atom. The SMILES string of the molecule is CCOC(=O)C(CSCC(NC(=O)OCc1ccccc1)C(=O)OCC)NC(=O)OCc1ccccc1. The van der Waals surface area contributed by atoms with Crippen LogP contribution in [0.25, 0.3) is 0 Å². The van der Waals surface area contributed by atoms with E-state index in [1.54, 1.807) is 38.1 Å². The smallest absolute Gasteiger partial charge is 0.408 e. The maximum atomic E-state index is 12.4. The molecule has 2 rings (SSSR count). The molecule has 0 aliphatic rings. The van der Waals surface area contributed by atoms with Crippen LogP contribution < -0.4 is 10.6 Å². The molecule has 37 heavy (non-hydrogen) atoms. The number of benzene rings is 2. The lowest BCUT2D eigenvalue weighted by molar-refractivity contribution is -0.145. The molecule has 0 fully saturated rings. The number of thioether (sulfide) groups is 1. The van der Waals surface area contributed by atoms with Gasteiger partial charge < -0.3 is 29.6 Å². The van der Waals surface area contributed by atoms with Gasteiger partial charge in [0.1, 0.15) is 25.3 Å². The fraction of sp³-hybridized carbons (Fsp3) is 0.385. The third-order valence-electron chi connectivity index (χ3n) is 4.72. The molecule has 2 aromatic carbocycles. The zero-order valence-electron chi connectivity index (χ0n) is 20.8. The lowest BCUT2D eigenvalue weighted by atomic mass is 10.2. The molecule has 200 valence electrons. The van der Waals surface area contributed by atoms with Crippen LogP contribution in [0.4, 0.5) is 9.59 Å². The zero-order valence-corrected chi connectivity index (χ0v) is 21.7. The molecule has 0 bridgehead atoms.